The van der Waals surface area contributed by atoms with E-state index in [0.29, 0.717) is 125 Å². The van der Waals surface area contributed by atoms with E-state index in [9.17, 15) is 59.9 Å². The van der Waals surface area contributed by atoms with E-state index in [1.807, 2.05) is 63.2 Å². The van der Waals surface area contributed by atoms with Crippen molar-refractivity contribution in [2.75, 3.05) is 93.2 Å². The molecule has 0 atom stereocenters. The number of aromatic nitrogens is 9. The Morgan fingerprint density at radius 1 is 0.378 bits per heavy atom. The van der Waals surface area contributed by atoms with Crippen LogP contribution in [0.15, 0.2) is 107 Å². The summed E-state index contributed by atoms with van der Waals surface area (Å²) >= 11 is 82.3. The normalized spacial score (nSPS) is 13.4. The molecule has 12 heterocycles. The van der Waals surface area contributed by atoms with Crippen molar-refractivity contribution >= 4 is 219 Å². The molecule has 3 aromatic carbocycles. The topological polar surface area (TPSA) is 346 Å². The largest absolute Gasteiger partial charge is 0.506 e. The van der Waals surface area contributed by atoms with Crippen LogP contribution in [0.25, 0.3) is 83.9 Å². The van der Waals surface area contributed by atoms with Crippen LogP contribution in [0.1, 0.15) is 110 Å². The molecule has 3 amide bonds. The van der Waals surface area contributed by atoms with Crippen molar-refractivity contribution in [1.82, 2.24) is 58.3 Å². The summed E-state index contributed by atoms with van der Waals surface area (Å²) in [6, 6.07) is 15.9. The Balaban J connectivity index is 0.000000171. The zero-order valence-corrected chi connectivity index (χ0v) is 82.6. The van der Waals surface area contributed by atoms with Crippen molar-refractivity contribution in [2.24, 2.45) is 0 Å². The first kappa shape index (κ1) is 101. The van der Waals surface area contributed by atoms with Crippen LogP contribution in [0.2, 0.25) is 65.3 Å². The number of rotatable bonds is 15. The molecule has 0 spiro atoms. The van der Waals surface area contributed by atoms with Gasteiger partial charge in [-0.1, -0.05) is 212 Å². The first-order valence-corrected chi connectivity index (χ1v) is 46.0. The highest BCUT2D eigenvalue weighted by atomic mass is 35.5. The number of halogens is 15. The standard InChI is InChI=1S/C31H25Cl5N6O3.2C31H25Cl4FN6O3/c1-5-19(43)40-8-10-41(11-9-40)28-16-12-18(32)26(20-21(33)22(34)23(35)24(36)29(20)44)39-30(16)42(31(45)17(28)13-37)27-15(4)6-7-38-25(27)14(2)3;2*1-5-19(43)40-8-10-41(11-9-40)28-16-12-18(32)26(20-24(36)22(34)21(33)23(35)29(20)44)39-30(16)42(31(45)17(28)13-37)27-15(4)6-7-38-25(27)14(2)3/h3*5-7,12,14,44H,1,8-11H2,2-4H3. The number of hydrogen-bond acceptors (Lipinski definition) is 21. The van der Waals surface area contributed by atoms with Gasteiger partial charge in [0.25, 0.3) is 16.7 Å². The molecule has 42 heteroatoms. The monoisotopic (exact) mass is 2080 g/mol. The fourth-order valence-electron chi connectivity index (χ4n) is 16.4. The van der Waals surface area contributed by atoms with Crippen LogP contribution in [0.4, 0.5) is 25.8 Å². The Kier molecular flexibility index (Phi) is 30.7. The molecule has 0 saturated carbocycles. The number of aromatic hydroxyl groups is 3. The van der Waals surface area contributed by atoms with Crippen LogP contribution < -0.4 is 31.4 Å². The van der Waals surface area contributed by atoms with Gasteiger partial charge in [-0.3, -0.25) is 57.4 Å². The number of pyridine rings is 9. The van der Waals surface area contributed by atoms with Crippen LogP contribution in [-0.2, 0) is 14.4 Å². The average Bonchev–Trinajstić information content (AvgIpc) is 0.728. The first-order chi connectivity index (χ1) is 64.0. The lowest BCUT2D eigenvalue weighted by Crippen LogP contribution is -2.49. The lowest BCUT2D eigenvalue weighted by atomic mass is 10.0. The zero-order chi connectivity index (χ0) is 98.7. The quantitative estimate of drug-likeness (QED) is 0.0487. The van der Waals surface area contributed by atoms with Gasteiger partial charge in [0.15, 0.2) is 11.6 Å². The van der Waals surface area contributed by atoms with E-state index in [2.05, 4.69) is 62.9 Å². The number of piperazine rings is 3. The van der Waals surface area contributed by atoms with Gasteiger partial charge in [-0.2, -0.15) is 15.8 Å². The van der Waals surface area contributed by atoms with Gasteiger partial charge in [-0.05, 0) is 110 Å². The lowest BCUT2D eigenvalue weighted by molar-refractivity contribution is -0.127. The number of phenolic OH excluding ortho intramolecular Hbond substituents is 3. The van der Waals surface area contributed by atoms with Crippen LogP contribution in [-0.4, -0.2) is 170 Å². The number of fused-ring (bicyclic) bond motifs is 3. The maximum Gasteiger partial charge on any atom is 0.276 e. The minimum atomic E-state index is -1.12. The molecular weight excluding hydrogens is 2010 g/mol. The number of nitrogens with zero attached hydrogens (tertiary/aromatic N) is 18. The molecule has 3 fully saturated rings. The average molecular weight is 2090 g/mol. The highest BCUT2D eigenvalue weighted by Gasteiger charge is 2.38. The minimum Gasteiger partial charge on any atom is -0.506 e. The predicted molar refractivity (Wildman–Crippen MR) is 529 cm³/mol. The van der Waals surface area contributed by atoms with E-state index < -0.39 is 86.8 Å². The van der Waals surface area contributed by atoms with Gasteiger partial charge in [0.1, 0.15) is 84.2 Å². The summed E-state index contributed by atoms with van der Waals surface area (Å²) in [5.74, 6) is -5.33. The SMILES string of the molecule is C=CC(=O)N1CCN(c2c(C#N)c(=O)n(-c3c(C)ccnc3C(C)C)c3nc(-c4c(O)c(Cl)c(Cl)c(Cl)c4Cl)c(Cl)cc23)CC1.C=CC(=O)N1CCN(c2c(C#N)c(=O)n(-c3c(C)ccnc3C(C)C)c3nc(-c4c(O)c(Cl)c(Cl)c(Cl)c4F)c(Cl)cc23)CC1.C=CC(=O)N1CCN(c2c(C#N)c(=O)n(-c3c(C)ccnc3C(C)C)c3nc(-c4c(O)c(Cl)c(Cl)c(Cl)c4F)c(Cl)cc23)CC1. The van der Waals surface area contributed by atoms with Crippen molar-refractivity contribution in [3.63, 3.8) is 0 Å². The van der Waals surface area contributed by atoms with Gasteiger partial charge < -0.3 is 44.7 Å². The molecule has 135 heavy (non-hydrogen) atoms. The van der Waals surface area contributed by atoms with Crippen molar-refractivity contribution in [3.8, 4) is 86.3 Å². The summed E-state index contributed by atoms with van der Waals surface area (Å²) in [7, 11) is 0. The molecule has 696 valence electrons. The summed E-state index contributed by atoms with van der Waals surface area (Å²) in [6.45, 7) is 31.2. The number of carbonyl (C=O) groups excluding carboxylic acids is 3. The number of amides is 3. The Morgan fingerprint density at radius 3 is 0.859 bits per heavy atom. The maximum atomic E-state index is 15.6. The highest BCUT2D eigenvalue weighted by molar-refractivity contribution is 6.54. The second-order valence-corrected chi connectivity index (χ2v) is 37.0. The predicted octanol–water partition coefficient (Wildman–Crippen LogP) is 21.6. The van der Waals surface area contributed by atoms with Crippen LogP contribution in [0.5, 0.6) is 17.2 Å². The van der Waals surface area contributed by atoms with Crippen LogP contribution in [0, 0.1) is 66.4 Å². The van der Waals surface area contributed by atoms with Gasteiger partial charge in [0, 0.05) is 113 Å². The third kappa shape index (κ3) is 18.3. The fourth-order valence-corrected chi connectivity index (χ4v) is 19.3. The molecule has 9 aromatic heterocycles. The van der Waals surface area contributed by atoms with Crippen molar-refractivity contribution in [1.29, 1.82) is 15.8 Å². The van der Waals surface area contributed by atoms with Crippen molar-refractivity contribution in [3.05, 3.63) is 251 Å². The highest BCUT2D eigenvalue weighted by Crippen LogP contribution is 2.54. The Morgan fingerprint density at radius 2 is 0.615 bits per heavy atom. The third-order valence-electron chi connectivity index (χ3n) is 23.0. The van der Waals surface area contributed by atoms with Gasteiger partial charge in [0.05, 0.1) is 135 Å². The summed E-state index contributed by atoms with van der Waals surface area (Å²) < 4.78 is 35.1. The number of nitriles is 3. The van der Waals surface area contributed by atoms with Crippen molar-refractivity contribution in [2.45, 2.75) is 80.1 Å². The Labute approximate surface area is 835 Å². The van der Waals surface area contributed by atoms with E-state index in [1.165, 1.54) is 44.1 Å². The van der Waals surface area contributed by atoms with Gasteiger partial charge in [0.2, 0.25) is 17.7 Å². The van der Waals surface area contributed by atoms with Crippen molar-refractivity contribution < 1.29 is 38.5 Å². The Bertz CT molecular complexity index is 6640. The molecule has 15 rings (SSSR count). The molecule has 12 aromatic rings. The molecule has 0 radical (unpaired) electrons. The smallest absolute Gasteiger partial charge is 0.276 e. The third-order valence-corrected chi connectivity index (χ3v) is 28.3. The fraction of sp³-hybridized carbons (Fsp3) is 0.258. The van der Waals surface area contributed by atoms with E-state index in [0.717, 1.165) is 0 Å². The number of anilines is 3. The molecule has 0 aliphatic carbocycles. The molecule has 3 aliphatic heterocycles. The number of benzene rings is 3. The van der Waals surface area contributed by atoms with E-state index in [-0.39, 0.29) is 164 Å². The molecule has 3 saturated heterocycles. The number of aryl methyl sites for hydroxylation is 3. The van der Waals surface area contributed by atoms with E-state index in [4.69, 9.17) is 156 Å². The maximum absolute atomic E-state index is 15.6. The summed E-state index contributed by atoms with van der Waals surface area (Å²) in [5.41, 5.74) is 1.75. The molecule has 0 unspecified atom stereocenters. The molecule has 3 N–H and O–H groups in total. The van der Waals surface area contributed by atoms with Crippen LogP contribution in [0.3, 0.4) is 0 Å². The van der Waals surface area contributed by atoms with Gasteiger partial charge in [-0.15, -0.1) is 0 Å². The zero-order valence-electron chi connectivity index (χ0n) is 72.8. The second-order valence-electron chi connectivity index (χ2n) is 32.0. The summed E-state index contributed by atoms with van der Waals surface area (Å²) in [6.07, 6.45) is 8.58. The number of phenols is 3. The second kappa shape index (κ2) is 40.9. The van der Waals surface area contributed by atoms with E-state index in [1.54, 1.807) is 71.4 Å². The number of hydrogen-bond donors (Lipinski definition) is 3. The van der Waals surface area contributed by atoms with E-state index >= 15 is 8.78 Å². The van der Waals surface area contributed by atoms with Gasteiger partial charge in [-0.25, -0.2) is 23.7 Å². The number of carbonyl (C=O) groups is 3. The first-order valence-electron chi connectivity index (χ1n) is 41.1. The lowest BCUT2D eigenvalue weighted by Gasteiger charge is -2.36. The van der Waals surface area contributed by atoms with Crippen LogP contribution >= 0.6 is 151 Å². The minimum absolute atomic E-state index is 0.0111. The summed E-state index contributed by atoms with van der Waals surface area (Å²) in [5, 5.41) is 61.3. The molecule has 27 nitrogen and oxygen atoms in total. The summed E-state index contributed by atoms with van der Waals surface area (Å²) in [4.78, 5) is 118. The Hall–Kier alpha value is -11.3. The molecule has 3 aliphatic rings. The molecule has 0 bridgehead atoms. The molecular formula is C93H75Cl13F2N18O9. The van der Waals surface area contributed by atoms with Gasteiger partial charge >= 0.3 is 0 Å².